The van der Waals surface area contributed by atoms with E-state index in [1.165, 1.54) is 38.6 Å². The molecule has 0 unspecified atom stereocenters. The van der Waals surface area contributed by atoms with E-state index in [1.54, 1.807) is 0 Å². The highest BCUT2D eigenvalue weighted by molar-refractivity contribution is 4.92. The fraction of sp³-hybridized carbons (Fsp3) is 0.800. The quantitative estimate of drug-likeness (QED) is 0.804. The highest BCUT2D eigenvalue weighted by atomic mass is 15.1. The van der Waals surface area contributed by atoms with Gasteiger partial charge in [-0.25, -0.2) is 4.98 Å². The van der Waals surface area contributed by atoms with Crippen molar-refractivity contribution in [2.75, 3.05) is 6.54 Å². The van der Waals surface area contributed by atoms with Crippen LogP contribution in [0.1, 0.15) is 51.8 Å². The summed E-state index contributed by atoms with van der Waals surface area (Å²) in [6, 6.07) is 0.521. The number of imidazole rings is 1. The fourth-order valence-corrected chi connectivity index (χ4v) is 3.07. The second-order valence-electron chi connectivity index (χ2n) is 6.01. The summed E-state index contributed by atoms with van der Waals surface area (Å²) >= 11 is 0. The Morgan fingerprint density at radius 2 is 2.28 bits per heavy atom. The van der Waals surface area contributed by atoms with Crippen LogP contribution < -0.4 is 5.32 Å². The molecule has 1 saturated carbocycles. The molecule has 1 atom stereocenters. The van der Waals surface area contributed by atoms with Gasteiger partial charge in [0.15, 0.2) is 0 Å². The van der Waals surface area contributed by atoms with Crippen molar-refractivity contribution in [1.29, 1.82) is 0 Å². The molecule has 1 aromatic heterocycles. The van der Waals surface area contributed by atoms with Gasteiger partial charge in [-0.1, -0.05) is 19.8 Å². The number of aryl methyl sites for hydroxylation is 1. The number of nitrogens with zero attached hydrogens (tertiary/aromatic N) is 2. The molecule has 3 heteroatoms. The van der Waals surface area contributed by atoms with E-state index in [2.05, 4.69) is 41.8 Å². The zero-order valence-corrected chi connectivity index (χ0v) is 12.1. The van der Waals surface area contributed by atoms with Gasteiger partial charge in [-0.15, -0.1) is 0 Å². The zero-order valence-electron chi connectivity index (χ0n) is 12.1. The van der Waals surface area contributed by atoms with Gasteiger partial charge in [0, 0.05) is 31.5 Å². The summed E-state index contributed by atoms with van der Waals surface area (Å²) in [5, 5.41) is 3.73. The molecule has 3 nitrogen and oxygen atoms in total. The van der Waals surface area contributed by atoms with Crippen LogP contribution in [0.2, 0.25) is 0 Å². The first kappa shape index (κ1) is 13.6. The van der Waals surface area contributed by atoms with Gasteiger partial charge in [-0.05, 0) is 38.5 Å². The van der Waals surface area contributed by atoms with Gasteiger partial charge in [0.25, 0.3) is 0 Å². The van der Waals surface area contributed by atoms with Crippen molar-refractivity contribution >= 4 is 0 Å². The average molecular weight is 249 g/mol. The number of rotatable bonds is 7. The second kappa shape index (κ2) is 5.87. The number of nitrogens with one attached hydrogen (secondary N) is 1. The molecule has 0 amide bonds. The van der Waals surface area contributed by atoms with Crippen LogP contribution >= 0.6 is 0 Å². The van der Waals surface area contributed by atoms with E-state index in [-0.39, 0.29) is 0 Å². The third-order valence-corrected chi connectivity index (χ3v) is 4.41. The molecule has 0 aromatic carbocycles. The number of hydrogen-bond acceptors (Lipinski definition) is 2. The van der Waals surface area contributed by atoms with Gasteiger partial charge < -0.3 is 9.88 Å². The van der Waals surface area contributed by atoms with Crippen molar-refractivity contribution in [3.8, 4) is 0 Å². The van der Waals surface area contributed by atoms with Crippen LogP contribution in [0, 0.1) is 12.3 Å². The summed E-state index contributed by atoms with van der Waals surface area (Å²) in [5.74, 6) is 1.11. The van der Waals surface area contributed by atoms with Gasteiger partial charge in [0.05, 0.1) is 0 Å². The molecule has 18 heavy (non-hydrogen) atoms. The lowest BCUT2D eigenvalue weighted by atomic mass is 9.66. The topological polar surface area (TPSA) is 29.9 Å². The molecule has 0 aliphatic heterocycles. The predicted octanol–water partition coefficient (Wildman–Crippen LogP) is 3.14. The Balaban J connectivity index is 1.77. The Labute approximate surface area is 111 Å². The first-order valence-corrected chi connectivity index (χ1v) is 7.36. The highest BCUT2D eigenvalue weighted by Crippen LogP contribution is 2.44. The first-order chi connectivity index (χ1) is 8.65. The molecular formula is C15H27N3. The zero-order chi connectivity index (χ0) is 13.0. The Morgan fingerprint density at radius 1 is 1.50 bits per heavy atom. The second-order valence-corrected chi connectivity index (χ2v) is 6.01. The van der Waals surface area contributed by atoms with Crippen molar-refractivity contribution in [3.05, 3.63) is 18.2 Å². The van der Waals surface area contributed by atoms with E-state index in [1.807, 2.05) is 6.20 Å². The molecule has 2 rings (SSSR count). The highest BCUT2D eigenvalue weighted by Gasteiger charge is 2.35. The monoisotopic (exact) mass is 249 g/mol. The Hall–Kier alpha value is -0.830. The maximum absolute atomic E-state index is 4.27. The third kappa shape index (κ3) is 3.14. The van der Waals surface area contributed by atoms with E-state index < -0.39 is 0 Å². The van der Waals surface area contributed by atoms with Crippen LogP contribution in [0.5, 0.6) is 0 Å². The molecule has 1 heterocycles. The van der Waals surface area contributed by atoms with E-state index >= 15 is 0 Å². The molecule has 0 bridgehead atoms. The Morgan fingerprint density at radius 3 is 2.78 bits per heavy atom. The lowest BCUT2D eigenvalue weighted by molar-refractivity contribution is 0.110. The largest absolute Gasteiger partial charge is 0.334 e. The van der Waals surface area contributed by atoms with Gasteiger partial charge in [0.2, 0.25) is 0 Å². The van der Waals surface area contributed by atoms with Crippen LogP contribution in [-0.2, 0) is 6.54 Å². The SMILES string of the molecule is CCCC1(CN[C@H](C)Cn2ccnc2C)CCC1. The molecule has 1 aromatic rings. The van der Waals surface area contributed by atoms with Crippen LogP contribution in [0.4, 0.5) is 0 Å². The fourth-order valence-electron chi connectivity index (χ4n) is 3.07. The van der Waals surface area contributed by atoms with Crippen LogP contribution in [0.15, 0.2) is 12.4 Å². The smallest absolute Gasteiger partial charge is 0.105 e. The van der Waals surface area contributed by atoms with E-state index in [4.69, 9.17) is 0 Å². The van der Waals surface area contributed by atoms with Crippen molar-refractivity contribution in [2.45, 2.75) is 65.5 Å². The van der Waals surface area contributed by atoms with Crippen molar-refractivity contribution in [2.24, 2.45) is 5.41 Å². The minimum Gasteiger partial charge on any atom is -0.334 e. The third-order valence-electron chi connectivity index (χ3n) is 4.41. The predicted molar refractivity (Wildman–Crippen MR) is 75.6 cm³/mol. The molecular weight excluding hydrogens is 222 g/mol. The van der Waals surface area contributed by atoms with Crippen molar-refractivity contribution < 1.29 is 0 Å². The van der Waals surface area contributed by atoms with E-state index in [9.17, 15) is 0 Å². The summed E-state index contributed by atoms with van der Waals surface area (Å²) in [5.41, 5.74) is 0.618. The first-order valence-electron chi connectivity index (χ1n) is 7.36. The van der Waals surface area contributed by atoms with Gasteiger partial charge >= 0.3 is 0 Å². The molecule has 102 valence electrons. The maximum Gasteiger partial charge on any atom is 0.105 e. The maximum atomic E-state index is 4.27. The molecule has 1 aliphatic carbocycles. The number of hydrogen-bond donors (Lipinski definition) is 1. The molecule has 1 fully saturated rings. The van der Waals surface area contributed by atoms with Gasteiger partial charge in [0.1, 0.15) is 5.82 Å². The van der Waals surface area contributed by atoms with Crippen LogP contribution in [0.25, 0.3) is 0 Å². The standard InChI is InChI=1S/C15H27N3/c1-4-6-15(7-5-8-15)12-17-13(2)11-18-10-9-16-14(18)3/h9-10,13,17H,4-8,11-12H2,1-3H3/t13-/m1/s1. The summed E-state index contributed by atoms with van der Waals surface area (Å²) < 4.78 is 2.23. The summed E-state index contributed by atoms with van der Waals surface area (Å²) in [6.07, 6.45) is 10.9. The van der Waals surface area contributed by atoms with Crippen molar-refractivity contribution in [1.82, 2.24) is 14.9 Å². The Kier molecular flexibility index (Phi) is 4.44. The molecule has 0 saturated heterocycles. The molecule has 1 aliphatic rings. The average Bonchev–Trinajstić information content (AvgIpc) is 2.68. The normalized spacial score (nSPS) is 19.5. The lowest BCUT2D eigenvalue weighted by Crippen LogP contribution is -2.44. The lowest BCUT2D eigenvalue weighted by Gasteiger charge is -2.43. The van der Waals surface area contributed by atoms with E-state index in [0.29, 0.717) is 11.5 Å². The van der Waals surface area contributed by atoms with Gasteiger partial charge in [-0.2, -0.15) is 0 Å². The van der Waals surface area contributed by atoms with Crippen LogP contribution in [-0.4, -0.2) is 22.1 Å². The summed E-state index contributed by atoms with van der Waals surface area (Å²) in [7, 11) is 0. The minimum absolute atomic E-state index is 0.521. The summed E-state index contributed by atoms with van der Waals surface area (Å²) in [6.45, 7) is 8.86. The van der Waals surface area contributed by atoms with Crippen LogP contribution in [0.3, 0.4) is 0 Å². The van der Waals surface area contributed by atoms with E-state index in [0.717, 1.165) is 12.4 Å². The minimum atomic E-state index is 0.521. The molecule has 0 spiro atoms. The molecule has 1 N–H and O–H groups in total. The molecule has 0 radical (unpaired) electrons. The summed E-state index contributed by atoms with van der Waals surface area (Å²) in [4.78, 5) is 4.27. The van der Waals surface area contributed by atoms with Crippen molar-refractivity contribution in [3.63, 3.8) is 0 Å². The number of aromatic nitrogens is 2. The Bertz CT molecular complexity index is 366. The van der Waals surface area contributed by atoms with Gasteiger partial charge in [-0.3, -0.25) is 0 Å².